The Morgan fingerprint density at radius 3 is 2.48 bits per heavy atom. The second-order valence-corrected chi connectivity index (χ2v) is 13.0. The van der Waals surface area contributed by atoms with Crippen molar-refractivity contribution in [2.75, 3.05) is 0 Å². The number of carbonyl (C=O) groups excluding carboxylic acids is 1. The molecule has 8 atom stereocenters. The summed E-state index contributed by atoms with van der Waals surface area (Å²) in [4.78, 5) is 12.5. The second kappa shape index (κ2) is 7.86. The molecule has 3 saturated carbocycles. The zero-order chi connectivity index (χ0) is 22.8. The minimum atomic E-state index is -0.202. The third kappa shape index (κ3) is 3.60. The fraction of sp³-hybridized carbons (Fsp3) is 0.828. The molecule has 0 aliphatic heterocycles. The van der Waals surface area contributed by atoms with Crippen molar-refractivity contribution in [3.8, 4) is 0 Å². The highest BCUT2D eigenvalue weighted by molar-refractivity contribution is 5.90. The molecule has 0 bridgehead atoms. The van der Waals surface area contributed by atoms with Gasteiger partial charge in [-0.1, -0.05) is 51.8 Å². The van der Waals surface area contributed by atoms with Crippen LogP contribution in [0.1, 0.15) is 99.8 Å². The first-order valence-electron chi connectivity index (χ1n) is 13.0. The topological polar surface area (TPSA) is 37.3 Å². The fourth-order valence-electron chi connectivity index (χ4n) is 9.21. The molecular weight excluding hydrogens is 380 g/mol. The van der Waals surface area contributed by atoms with Gasteiger partial charge in [0.25, 0.3) is 0 Å². The molecule has 174 valence electrons. The van der Waals surface area contributed by atoms with Gasteiger partial charge in [0.1, 0.15) is 0 Å². The molecule has 0 radical (unpaired) electrons. The summed E-state index contributed by atoms with van der Waals surface area (Å²) in [5.74, 6) is 3.80. The molecule has 0 amide bonds. The van der Waals surface area contributed by atoms with Gasteiger partial charge in [0.05, 0.1) is 6.10 Å². The first-order chi connectivity index (χ1) is 14.4. The molecule has 3 fully saturated rings. The highest BCUT2D eigenvalue weighted by atomic mass is 16.3. The van der Waals surface area contributed by atoms with Crippen molar-refractivity contribution in [2.45, 2.75) is 106 Å². The Labute approximate surface area is 191 Å². The predicted molar refractivity (Wildman–Crippen MR) is 129 cm³/mol. The quantitative estimate of drug-likeness (QED) is 0.384. The summed E-state index contributed by atoms with van der Waals surface area (Å²) >= 11 is 0. The van der Waals surface area contributed by atoms with Crippen LogP contribution in [-0.2, 0) is 4.79 Å². The van der Waals surface area contributed by atoms with Gasteiger partial charge in [-0.3, -0.25) is 4.79 Å². The van der Waals surface area contributed by atoms with Gasteiger partial charge in [-0.15, -0.1) is 0 Å². The van der Waals surface area contributed by atoms with Gasteiger partial charge >= 0.3 is 0 Å². The van der Waals surface area contributed by atoms with Crippen molar-refractivity contribution in [2.24, 2.45) is 45.8 Å². The summed E-state index contributed by atoms with van der Waals surface area (Å²) < 4.78 is 0. The SMILES string of the molecule is CC(C)=CC(=O)C[C@@H](C)[C@H]1CC[C@H]2[C@@H]3CC=C4C(C)(C)[C@H](O)CC[C@]4(C)[C@H]3CC[C@]12C. The number of fused-ring (bicyclic) bond motifs is 5. The van der Waals surface area contributed by atoms with Gasteiger partial charge in [-0.05, 0) is 105 Å². The van der Waals surface area contributed by atoms with Crippen LogP contribution in [0.15, 0.2) is 23.3 Å². The van der Waals surface area contributed by atoms with E-state index in [-0.39, 0.29) is 16.9 Å². The number of ketones is 1. The van der Waals surface area contributed by atoms with E-state index >= 15 is 0 Å². The largest absolute Gasteiger partial charge is 0.392 e. The zero-order valence-corrected chi connectivity index (χ0v) is 21.1. The van der Waals surface area contributed by atoms with Crippen molar-refractivity contribution in [1.29, 1.82) is 0 Å². The summed E-state index contributed by atoms with van der Waals surface area (Å²) in [7, 11) is 0. The molecule has 0 saturated heterocycles. The van der Waals surface area contributed by atoms with Gasteiger partial charge in [0.15, 0.2) is 5.78 Å². The molecule has 4 aliphatic rings. The molecule has 0 aromatic rings. The van der Waals surface area contributed by atoms with E-state index in [1.807, 2.05) is 19.9 Å². The predicted octanol–water partition coefficient (Wildman–Crippen LogP) is 7.12. The molecule has 2 nitrogen and oxygen atoms in total. The lowest BCUT2D eigenvalue weighted by atomic mass is 9.44. The average molecular weight is 427 g/mol. The van der Waals surface area contributed by atoms with Crippen LogP contribution in [0.5, 0.6) is 0 Å². The Morgan fingerprint density at radius 2 is 1.81 bits per heavy atom. The molecule has 1 N–H and O–H groups in total. The number of allylic oxidation sites excluding steroid dienone is 3. The normalized spacial score (nSPS) is 44.4. The van der Waals surface area contributed by atoms with E-state index in [1.165, 1.54) is 32.1 Å². The summed E-state index contributed by atoms with van der Waals surface area (Å²) in [5.41, 5.74) is 3.23. The van der Waals surface area contributed by atoms with Crippen molar-refractivity contribution in [3.63, 3.8) is 0 Å². The molecule has 0 aromatic heterocycles. The average Bonchev–Trinajstić information content (AvgIpc) is 3.02. The third-order valence-electron chi connectivity index (χ3n) is 10.7. The molecule has 0 spiro atoms. The minimum absolute atomic E-state index is 0.0866. The zero-order valence-electron chi connectivity index (χ0n) is 21.1. The van der Waals surface area contributed by atoms with Crippen molar-refractivity contribution in [1.82, 2.24) is 0 Å². The molecule has 2 heteroatoms. The standard InChI is InChI=1S/C29H46O2/c1-18(2)16-20(30)17-19(3)22-9-10-23-21-8-11-25-27(4,5)26(31)13-15-29(25,7)24(21)12-14-28(22,23)6/h11,16,19,21-24,26,31H,8-10,12-15,17H2,1-7H3/t19-,21+,22-,23+,24+,26-,28-,29-/m1/s1. The van der Waals surface area contributed by atoms with E-state index in [9.17, 15) is 9.90 Å². The third-order valence-corrected chi connectivity index (χ3v) is 10.7. The van der Waals surface area contributed by atoms with E-state index < -0.39 is 0 Å². The lowest BCUT2D eigenvalue weighted by Crippen LogP contribution is -2.54. The van der Waals surface area contributed by atoms with Gasteiger partial charge in [0.2, 0.25) is 0 Å². The van der Waals surface area contributed by atoms with E-state index in [2.05, 4.69) is 40.7 Å². The van der Waals surface area contributed by atoms with Gasteiger partial charge in [-0.25, -0.2) is 0 Å². The molecule has 0 heterocycles. The first kappa shape index (κ1) is 23.3. The number of carbonyl (C=O) groups is 1. The number of hydrogen-bond donors (Lipinski definition) is 1. The maximum atomic E-state index is 12.5. The smallest absolute Gasteiger partial charge is 0.155 e. The summed E-state index contributed by atoms with van der Waals surface area (Å²) in [5, 5.41) is 10.7. The highest BCUT2D eigenvalue weighted by Crippen LogP contribution is 2.68. The summed E-state index contributed by atoms with van der Waals surface area (Å²) in [6.07, 6.45) is 13.5. The number of aliphatic hydroxyl groups excluding tert-OH is 1. The molecule has 0 aromatic carbocycles. The van der Waals surface area contributed by atoms with Crippen LogP contribution in [0.2, 0.25) is 0 Å². The van der Waals surface area contributed by atoms with Crippen LogP contribution < -0.4 is 0 Å². The van der Waals surface area contributed by atoms with E-state index in [1.54, 1.807) is 5.57 Å². The lowest BCUT2D eigenvalue weighted by molar-refractivity contribution is -0.116. The van der Waals surface area contributed by atoms with Crippen LogP contribution in [0.3, 0.4) is 0 Å². The maximum absolute atomic E-state index is 12.5. The van der Waals surface area contributed by atoms with E-state index in [0.717, 1.165) is 36.2 Å². The van der Waals surface area contributed by atoms with Crippen molar-refractivity contribution < 1.29 is 9.90 Å². The Balaban J connectivity index is 1.57. The second-order valence-electron chi connectivity index (χ2n) is 13.0. The van der Waals surface area contributed by atoms with Crippen molar-refractivity contribution >= 4 is 5.78 Å². The lowest BCUT2D eigenvalue weighted by Gasteiger charge is -2.61. The molecular formula is C29H46O2. The molecule has 4 rings (SSSR count). The molecule has 31 heavy (non-hydrogen) atoms. The Hall–Kier alpha value is -0.890. The molecule has 0 unspecified atom stereocenters. The Morgan fingerprint density at radius 1 is 1.10 bits per heavy atom. The highest BCUT2D eigenvalue weighted by Gasteiger charge is 2.61. The van der Waals surface area contributed by atoms with Crippen LogP contribution in [0, 0.1) is 45.8 Å². The summed E-state index contributed by atoms with van der Waals surface area (Å²) in [6.45, 7) is 16.0. The fourth-order valence-corrected chi connectivity index (χ4v) is 9.21. The summed E-state index contributed by atoms with van der Waals surface area (Å²) in [6, 6.07) is 0. The molecule has 4 aliphatic carbocycles. The monoisotopic (exact) mass is 426 g/mol. The van der Waals surface area contributed by atoms with Crippen LogP contribution in [0.4, 0.5) is 0 Å². The Bertz CT molecular complexity index is 785. The first-order valence-corrected chi connectivity index (χ1v) is 13.0. The van der Waals surface area contributed by atoms with Gasteiger partial charge in [-0.2, -0.15) is 0 Å². The number of hydrogen-bond acceptors (Lipinski definition) is 2. The van der Waals surface area contributed by atoms with Crippen LogP contribution in [-0.4, -0.2) is 17.0 Å². The number of rotatable bonds is 4. The van der Waals surface area contributed by atoms with E-state index in [0.29, 0.717) is 29.5 Å². The van der Waals surface area contributed by atoms with E-state index in [4.69, 9.17) is 0 Å². The minimum Gasteiger partial charge on any atom is -0.392 e. The van der Waals surface area contributed by atoms with Crippen LogP contribution >= 0.6 is 0 Å². The van der Waals surface area contributed by atoms with Crippen molar-refractivity contribution in [3.05, 3.63) is 23.3 Å². The van der Waals surface area contributed by atoms with Gasteiger partial charge < -0.3 is 5.11 Å². The van der Waals surface area contributed by atoms with Gasteiger partial charge in [0, 0.05) is 11.8 Å². The Kier molecular flexibility index (Phi) is 5.90. The van der Waals surface area contributed by atoms with Crippen LogP contribution in [0.25, 0.3) is 0 Å². The maximum Gasteiger partial charge on any atom is 0.155 e. The number of aliphatic hydroxyl groups is 1.